The van der Waals surface area contributed by atoms with Crippen molar-refractivity contribution in [2.45, 2.75) is 12.8 Å². The number of halogens is 1. The third-order valence-electron chi connectivity index (χ3n) is 3.99. The van der Waals surface area contributed by atoms with Crippen molar-refractivity contribution in [3.63, 3.8) is 0 Å². The third kappa shape index (κ3) is 4.11. The van der Waals surface area contributed by atoms with Crippen LogP contribution in [0.5, 0.6) is 0 Å². The molecule has 0 spiro atoms. The van der Waals surface area contributed by atoms with Crippen molar-refractivity contribution in [2.75, 3.05) is 58.3 Å². The highest BCUT2D eigenvalue weighted by Crippen LogP contribution is 2.23. The molecule has 1 aromatic rings. The fourth-order valence-corrected chi connectivity index (χ4v) is 2.88. The quantitative estimate of drug-likeness (QED) is 0.773. The Morgan fingerprint density at radius 3 is 2.40 bits per heavy atom. The molecule has 0 unspecified atom stereocenters. The van der Waals surface area contributed by atoms with E-state index in [1.54, 1.807) is 0 Å². The topological polar surface area (TPSA) is 9.72 Å². The first-order chi connectivity index (χ1) is 9.60. The molecule has 20 heavy (non-hydrogen) atoms. The summed E-state index contributed by atoms with van der Waals surface area (Å²) in [6.45, 7) is 9.05. The van der Waals surface area contributed by atoms with Gasteiger partial charge in [-0.1, -0.05) is 12.1 Å². The molecule has 0 aromatic heterocycles. The lowest BCUT2D eigenvalue weighted by Crippen LogP contribution is -2.48. The lowest BCUT2D eigenvalue weighted by atomic mass is 10.1. The van der Waals surface area contributed by atoms with Crippen molar-refractivity contribution in [2.24, 2.45) is 0 Å². The van der Waals surface area contributed by atoms with Gasteiger partial charge in [-0.15, -0.1) is 11.6 Å². The van der Waals surface area contributed by atoms with Crippen molar-refractivity contribution in [3.8, 4) is 0 Å². The first-order valence-corrected chi connectivity index (χ1v) is 7.91. The molecule has 1 aromatic carbocycles. The van der Waals surface area contributed by atoms with Crippen LogP contribution in [0.25, 0.3) is 0 Å². The minimum Gasteiger partial charge on any atom is -0.369 e. The summed E-state index contributed by atoms with van der Waals surface area (Å²) in [5, 5.41) is 0. The van der Waals surface area contributed by atoms with Crippen molar-refractivity contribution < 1.29 is 0 Å². The fraction of sp³-hybridized carbons (Fsp3) is 0.625. The van der Waals surface area contributed by atoms with E-state index in [1.165, 1.54) is 23.4 Å². The molecular weight excluding hydrogens is 270 g/mol. The van der Waals surface area contributed by atoms with Crippen LogP contribution in [0.4, 0.5) is 5.69 Å². The summed E-state index contributed by atoms with van der Waals surface area (Å²) in [4.78, 5) is 7.31. The highest BCUT2D eigenvalue weighted by atomic mass is 35.5. The molecule has 0 radical (unpaired) electrons. The summed E-state index contributed by atoms with van der Waals surface area (Å²) in [6.07, 6.45) is 0. The number of alkyl halides is 1. The average Bonchev–Trinajstić information content (AvgIpc) is 2.45. The molecule has 0 amide bonds. The summed E-state index contributed by atoms with van der Waals surface area (Å²) in [5.41, 5.74) is 3.91. The second-order valence-electron chi connectivity index (χ2n) is 5.89. The Kier molecular flexibility index (Phi) is 5.70. The van der Waals surface area contributed by atoms with Gasteiger partial charge in [0.2, 0.25) is 0 Å². The molecule has 0 saturated carbocycles. The molecule has 1 fully saturated rings. The largest absolute Gasteiger partial charge is 0.369 e. The maximum atomic E-state index is 5.89. The predicted molar refractivity (Wildman–Crippen MR) is 87.9 cm³/mol. The standard InChI is InChI=1S/C16H26ClN3/c1-14-12-15(13-17)4-5-16(14)20-10-8-19(9-11-20)7-6-18(2)3/h4-5,12H,6-11,13H2,1-3H3. The van der Waals surface area contributed by atoms with Crippen LogP contribution in [0.2, 0.25) is 0 Å². The van der Waals surface area contributed by atoms with Gasteiger partial charge in [-0.05, 0) is 38.2 Å². The Balaban J connectivity index is 1.90. The van der Waals surface area contributed by atoms with Gasteiger partial charge in [-0.25, -0.2) is 0 Å². The van der Waals surface area contributed by atoms with E-state index in [9.17, 15) is 0 Å². The number of rotatable bonds is 5. The second kappa shape index (κ2) is 7.30. The van der Waals surface area contributed by atoms with Gasteiger partial charge in [-0.3, -0.25) is 4.90 Å². The average molecular weight is 296 g/mol. The molecule has 2 rings (SSSR count). The van der Waals surface area contributed by atoms with Crippen LogP contribution in [0.3, 0.4) is 0 Å². The molecule has 1 saturated heterocycles. The van der Waals surface area contributed by atoms with E-state index in [0.717, 1.165) is 32.7 Å². The van der Waals surface area contributed by atoms with Crippen molar-refractivity contribution >= 4 is 17.3 Å². The molecular formula is C16H26ClN3. The lowest BCUT2D eigenvalue weighted by Gasteiger charge is -2.37. The van der Waals surface area contributed by atoms with E-state index < -0.39 is 0 Å². The Morgan fingerprint density at radius 1 is 1.15 bits per heavy atom. The summed E-state index contributed by atoms with van der Waals surface area (Å²) in [7, 11) is 4.27. The lowest BCUT2D eigenvalue weighted by molar-refractivity contribution is 0.229. The zero-order valence-corrected chi connectivity index (χ0v) is 13.7. The van der Waals surface area contributed by atoms with Crippen LogP contribution >= 0.6 is 11.6 Å². The summed E-state index contributed by atoms with van der Waals surface area (Å²) >= 11 is 5.89. The van der Waals surface area contributed by atoms with E-state index >= 15 is 0 Å². The van der Waals surface area contributed by atoms with Gasteiger partial charge in [0.15, 0.2) is 0 Å². The molecule has 0 N–H and O–H groups in total. The predicted octanol–water partition coefficient (Wildman–Crippen LogP) is 2.42. The number of nitrogens with zero attached hydrogens (tertiary/aromatic N) is 3. The van der Waals surface area contributed by atoms with E-state index in [-0.39, 0.29) is 0 Å². The molecule has 112 valence electrons. The number of anilines is 1. The summed E-state index contributed by atoms with van der Waals surface area (Å²) in [6, 6.07) is 6.58. The van der Waals surface area contributed by atoms with Gasteiger partial charge >= 0.3 is 0 Å². The second-order valence-corrected chi connectivity index (χ2v) is 6.15. The van der Waals surface area contributed by atoms with Gasteiger partial charge in [0.25, 0.3) is 0 Å². The van der Waals surface area contributed by atoms with Gasteiger partial charge in [0, 0.05) is 50.8 Å². The van der Waals surface area contributed by atoms with Gasteiger partial charge < -0.3 is 9.80 Å². The van der Waals surface area contributed by atoms with E-state index in [0.29, 0.717) is 5.88 Å². The van der Waals surface area contributed by atoms with Crippen LogP contribution in [0.1, 0.15) is 11.1 Å². The smallest absolute Gasteiger partial charge is 0.0474 e. The van der Waals surface area contributed by atoms with Crippen LogP contribution < -0.4 is 4.90 Å². The van der Waals surface area contributed by atoms with Gasteiger partial charge in [0.1, 0.15) is 0 Å². The van der Waals surface area contributed by atoms with E-state index in [2.05, 4.69) is 53.9 Å². The van der Waals surface area contributed by atoms with Crippen molar-refractivity contribution in [3.05, 3.63) is 29.3 Å². The molecule has 0 atom stereocenters. The first kappa shape index (κ1) is 15.6. The maximum Gasteiger partial charge on any atom is 0.0474 e. The van der Waals surface area contributed by atoms with Crippen LogP contribution in [-0.4, -0.2) is 63.2 Å². The molecule has 1 heterocycles. The summed E-state index contributed by atoms with van der Waals surface area (Å²) in [5.74, 6) is 0.597. The zero-order valence-electron chi connectivity index (χ0n) is 12.9. The molecule has 0 bridgehead atoms. The Bertz CT molecular complexity index is 426. The Morgan fingerprint density at radius 2 is 1.85 bits per heavy atom. The normalized spacial score (nSPS) is 16.9. The van der Waals surface area contributed by atoms with Gasteiger partial charge in [-0.2, -0.15) is 0 Å². The van der Waals surface area contributed by atoms with E-state index in [4.69, 9.17) is 11.6 Å². The fourth-order valence-electron chi connectivity index (χ4n) is 2.71. The Hall–Kier alpha value is -0.770. The molecule has 1 aliphatic heterocycles. The van der Waals surface area contributed by atoms with Crippen LogP contribution in [-0.2, 0) is 5.88 Å². The van der Waals surface area contributed by atoms with Crippen LogP contribution in [0, 0.1) is 6.92 Å². The third-order valence-corrected chi connectivity index (χ3v) is 4.30. The van der Waals surface area contributed by atoms with Crippen LogP contribution in [0.15, 0.2) is 18.2 Å². The number of hydrogen-bond donors (Lipinski definition) is 0. The highest BCUT2D eigenvalue weighted by Gasteiger charge is 2.18. The number of benzene rings is 1. The molecule has 4 heteroatoms. The molecule has 1 aliphatic rings. The SMILES string of the molecule is Cc1cc(CCl)ccc1N1CCN(CCN(C)C)CC1. The highest BCUT2D eigenvalue weighted by molar-refractivity contribution is 6.17. The maximum absolute atomic E-state index is 5.89. The minimum absolute atomic E-state index is 0.597. The monoisotopic (exact) mass is 295 g/mol. The number of hydrogen-bond acceptors (Lipinski definition) is 3. The first-order valence-electron chi connectivity index (χ1n) is 7.37. The van der Waals surface area contributed by atoms with Crippen molar-refractivity contribution in [1.82, 2.24) is 9.80 Å². The minimum atomic E-state index is 0.597. The van der Waals surface area contributed by atoms with E-state index in [1.807, 2.05) is 0 Å². The summed E-state index contributed by atoms with van der Waals surface area (Å²) < 4.78 is 0. The number of aryl methyl sites for hydroxylation is 1. The number of likely N-dealkylation sites (N-methyl/N-ethyl adjacent to an activating group) is 1. The Labute approximate surface area is 128 Å². The van der Waals surface area contributed by atoms with Crippen molar-refractivity contribution in [1.29, 1.82) is 0 Å². The molecule has 3 nitrogen and oxygen atoms in total. The van der Waals surface area contributed by atoms with Gasteiger partial charge in [0.05, 0.1) is 0 Å². The molecule has 0 aliphatic carbocycles. The number of piperazine rings is 1. The zero-order chi connectivity index (χ0) is 14.5.